The van der Waals surface area contributed by atoms with Gasteiger partial charge in [0.15, 0.2) is 0 Å². The number of benzene rings is 1. The van der Waals surface area contributed by atoms with Crippen molar-refractivity contribution in [3.8, 4) is 0 Å². The van der Waals surface area contributed by atoms with Gasteiger partial charge in [-0.25, -0.2) is 0 Å². The summed E-state index contributed by atoms with van der Waals surface area (Å²) in [6, 6.07) is 10.4. The van der Waals surface area contributed by atoms with Crippen LogP contribution in [0.15, 0.2) is 54.6 Å². The van der Waals surface area contributed by atoms with Gasteiger partial charge in [0.25, 0.3) is 0 Å². The molecule has 0 spiro atoms. The molecule has 0 saturated carbocycles. The molecular formula is C17H23NO. The molecule has 0 atom stereocenters. The molecule has 19 heavy (non-hydrogen) atoms. The summed E-state index contributed by atoms with van der Waals surface area (Å²) >= 11 is 0. The number of amides is 1. The number of carbonyl (C=O) groups excluding carboxylic acids is 1. The van der Waals surface area contributed by atoms with Crippen molar-refractivity contribution in [1.29, 1.82) is 0 Å². The molecule has 1 amide bonds. The first kappa shape index (κ1) is 15.2. The van der Waals surface area contributed by atoms with Crippen molar-refractivity contribution in [2.75, 3.05) is 6.54 Å². The number of carbonyl (C=O) groups is 1. The Labute approximate surface area is 116 Å². The van der Waals surface area contributed by atoms with E-state index in [2.05, 4.69) is 49.5 Å². The quantitative estimate of drug-likeness (QED) is 0.588. The highest BCUT2D eigenvalue weighted by Gasteiger charge is 1.95. The lowest BCUT2D eigenvalue weighted by molar-refractivity contribution is -0.116. The van der Waals surface area contributed by atoms with Crippen LogP contribution in [0.5, 0.6) is 0 Å². The first-order valence-corrected chi connectivity index (χ1v) is 6.83. The molecular weight excluding hydrogens is 234 g/mol. The molecule has 102 valence electrons. The maximum Gasteiger partial charge on any atom is 0.243 e. The van der Waals surface area contributed by atoms with Crippen molar-refractivity contribution in [3.63, 3.8) is 0 Å². The van der Waals surface area contributed by atoms with Crippen molar-refractivity contribution < 1.29 is 4.79 Å². The zero-order chi connectivity index (χ0) is 13.9. The lowest BCUT2D eigenvalue weighted by atomic mass is 10.1. The van der Waals surface area contributed by atoms with Crippen LogP contribution in [-0.4, -0.2) is 12.5 Å². The molecule has 0 aromatic heterocycles. The summed E-state index contributed by atoms with van der Waals surface area (Å²) in [4.78, 5) is 11.4. The van der Waals surface area contributed by atoms with E-state index in [0.717, 1.165) is 19.4 Å². The van der Waals surface area contributed by atoms with Crippen molar-refractivity contribution >= 4 is 5.91 Å². The van der Waals surface area contributed by atoms with Gasteiger partial charge in [0.05, 0.1) is 0 Å². The summed E-state index contributed by atoms with van der Waals surface area (Å²) < 4.78 is 0. The van der Waals surface area contributed by atoms with E-state index >= 15 is 0 Å². The molecule has 0 aliphatic heterocycles. The second-order valence-corrected chi connectivity index (χ2v) is 4.95. The molecule has 2 nitrogen and oxygen atoms in total. The molecule has 0 aliphatic rings. The van der Waals surface area contributed by atoms with Gasteiger partial charge in [-0.05, 0) is 24.3 Å². The summed E-state index contributed by atoms with van der Waals surface area (Å²) in [6.45, 7) is 4.88. The molecule has 2 heteroatoms. The summed E-state index contributed by atoms with van der Waals surface area (Å²) in [5, 5.41) is 2.84. The lowest BCUT2D eigenvalue weighted by Crippen LogP contribution is -2.25. The van der Waals surface area contributed by atoms with Crippen LogP contribution in [0.3, 0.4) is 0 Å². The van der Waals surface area contributed by atoms with E-state index in [1.165, 1.54) is 5.56 Å². The van der Waals surface area contributed by atoms with Crippen molar-refractivity contribution in [3.05, 3.63) is 60.2 Å². The van der Waals surface area contributed by atoms with Gasteiger partial charge in [-0.1, -0.05) is 62.4 Å². The number of hydrogen-bond donors (Lipinski definition) is 1. The molecule has 1 aromatic rings. The predicted octanol–water partition coefficient (Wildman–Crippen LogP) is 3.50. The first-order chi connectivity index (χ1) is 9.18. The van der Waals surface area contributed by atoms with E-state index in [-0.39, 0.29) is 5.91 Å². The van der Waals surface area contributed by atoms with Gasteiger partial charge in [-0.3, -0.25) is 4.79 Å². The highest BCUT2D eigenvalue weighted by molar-refractivity contribution is 5.87. The number of aryl methyl sites for hydroxylation is 1. The minimum atomic E-state index is -0.0265. The molecule has 1 rings (SSSR count). The van der Waals surface area contributed by atoms with Crippen LogP contribution in [0, 0.1) is 5.92 Å². The van der Waals surface area contributed by atoms with Crippen molar-refractivity contribution in [2.24, 2.45) is 5.92 Å². The van der Waals surface area contributed by atoms with Crippen LogP contribution < -0.4 is 5.32 Å². The summed E-state index contributed by atoms with van der Waals surface area (Å²) in [5.41, 5.74) is 1.34. The van der Waals surface area contributed by atoms with Crippen LogP contribution in [-0.2, 0) is 11.2 Å². The van der Waals surface area contributed by atoms with Crippen LogP contribution >= 0.6 is 0 Å². The Bertz CT molecular complexity index is 418. The Kier molecular flexibility index (Phi) is 7.33. The standard InChI is InChI=1S/C17H23NO/c1-15(2)14-18-17(19)13-9-4-3-6-10-16-11-7-5-8-12-16/h3-5,7-9,11-13,15H,6,10,14H2,1-2H3,(H,18,19)/b4-3+,13-9+. The van der Waals surface area contributed by atoms with E-state index in [1.807, 2.05) is 12.1 Å². The predicted molar refractivity (Wildman–Crippen MR) is 80.9 cm³/mol. The summed E-state index contributed by atoms with van der Waals surface area (Å²) in [7, 11) is 0. The van der Waals surface area contributed by atoms with Crippen molar-refractivity contribution in [1.82, 2.24) is 5.32 Å². The topological polar surface area (TPSA) is 29.1 Å². The van der Waals surface area contributed by atoms with E-state index < -0.39 is 0 Å². The Morgan fingerprint density at radius 1 is 1.21 bits per heavy atom. The smallest absolute Gasteiger partial charge is 0.243 e. The average molecular weight is 257 g/mol. The van der Waals surface area contributed by atoms with Gasteiger partial charge in [0.1, 0.15) is 0 Å². The molecule has 0 bridgehead atoms. The van der Waals surface area contributed by atoms with Gasteiger partial charge in [-0.15, -0.1) is 0 Å². The fourth-order valence-corrected chi connectivity index (χ4v) is 1.58. The molecule has 1 N–H and O–H groups in total. The molecule has 0 aliphatic carbocycles. The molecule has 0 radical (unpaired) electrons. The Balaban J connectivity index is 2.17. The average Bonchev–Trinajstić information content (AvgIpc) is 2.41. The number of nitrogens with one attached hydrogen (secondary N) is 1. The van der Waals surface area contributed by atoms with Gasteiger partial charge in [0, 0.05) is 12.6 Å². The Morgan fingerprint density at radius 2 is 1.95 bits per heavy atom. The molecule has 0 unspecified atom stereocenters. The normalized spacial score (nSPS) is 11.5. The van der Waals surface area contributed by atoms with Crippen LogP contribution in [0.4, 0.5) is 0 Å². The van der Waals surface area contributed by atoms with Gasteiger partial charge >= 0.3 is 0 Å². The third kappa shape index (κ3) is 7.98. The summed E-state index contributed by atoms with van der Waals surface area (Å²) in [6.07, 6.45) is 9.39. The monoisotopic (exact) mass is 257 g/mol. The summed E-state index contributed by atoms with van der Waals surface area (Å²) in [5.74, 6) is 0.458. The zero-order valence-corrected chi connectivity index (χ0v) is 11.8. The Hall–Kier alpha value is -1.83. The van der Waals surface area contributed by atoms with Crippen LogP contribution in [0.25, 0.3) is 0 Å². The van der Waals surface area contributed by atoms with E-state index in [0.29, 0.717) is 5.92 Å². The number of hydrogen-bond acceptors (Lipinski definition) is 1. The minimum absolute atomic E-state index is 0.0265. The van der Waals surface area contributed by atoms with E-state index in [1.54, 1.807) is 12.2 Å². The minimum Gasteiger partial charge on any atom is -0.352 e. The van der Waals surface area contributed by atoms with E-state index in [4.69, 9.17) is 0 Å². The second kappa shape index (κ2) is 9.15. The highest BCUT2D eigenvalue weighted by atomic mass is 16.1. The Morgan fingerprint density at radius 3 is 2.63 bits per heavy atom. The molecule has 0 fully saturated rings. The van der Waals surface area contributed by atoms with Crippen molar-refractivity contribution in [2.45, 2.75) is 26.7 Å². The first-order valence-electron chi connectivity index (χ1n) is 6.83. The van der Waals surface area contributed by atoms with Gasteiger partial charge in [0.2, 0.25) is 5.91 Å². The van der Waals surface area contributed by atoms with E-state index in [9.17, 15) is 4.79 Å². The fraction of sp³-hybridized carbons (Fsp3) is 0.353. The number of rotatable bonds is 7. The zero-order valence-electron chi connectivity index (χ0n) is 11.8. The maximum atomic E-state index is 11.4. The molecule has 0 saturated heterocycles. The fourth-order valence-electron chi connectivity index (χ4n) is 1.58. The SMILES string of the molecule is CC(C)CNC(=O)/C=C/C=C/CCc1ccccc1. The maximum absolute atomic E-state index is 11.4. The lowest BCUT2D eigenvalue weighted by Gasteiger charge is -2.03. The largest absolute Gasteiger partial charge is 0.352 e. The molecule has 0 heterocycles. The highest BCUT2D eigenvalue weighted by Crippen LogP contribution is 2.02. The van der Waals surface area contributed by atoms with Crippen LogP contribution in [0.1, 0.15) is 25.8 Å². The molecule has 1 aromatic carbocycles. The third-order valence-corrected chi connectivity index (χ3v) is 2.62. The van der Waals surface area contributed by atoms with Crippen LogP contribution in [0.2, 0.25) is 0 Å². The van der Waals surface area contributed by atoms with Gasteiger partial charge < -0.3 is 5.32 Å². The second-order valence-electron chi connectivity index (χ2n) is 4.95. The van der Waals surface area contributed by atoms with Gasteiger partial charge in [-0.2, -0.15) is 0 Å². The third-order valence-electron chi connectivity index (χ3n) is 2.62. The number of allylic oxidation sites excluding steroid dienone is 3.